The van der Waals surface area contributed by atoms with Gasteiger partial charge in [-0.15, -0.1) is 10.2 Å². The van der Waals surface area contributed by atoms with E-state index in [1.807, 2.05) is 13.8 Å². The summed E-state index contributed by atoms with van der Waals surface area (Å²) in [7, 11) is 0. The Hall–Kier alpha value is -1.50. The third-order valence-corrected chi connectivity index (χ3v) is 3.70. The number of tetrazole rings is 1. The standard InChI is InChI=1S/C11H20N6O/c1-11(2,8-4-3-5-12-6-8)10(18)13-7-9-14-16-17-15-9/h8,12H,3-7H2,1-2H3,(H,13,18)(H,14,15,16,17). The average Bonchev–Trinajstić information content (AvgIpc) is 2.90. The Morgan fingerprint density at radius 1 is 1.56 bits per heavy atom. The SMILES string of the molecule is CC(C)(C(=O)NCc1nn[nH]n1)C1CCCNC1. The number of carbonyl (C=O) groups excluding carboxylic acids is 1. The van der Waals surface area contributed by atoms with Gasteiger partial charge in [0.1, 0.15) is 0 Å². The lowest BCUT2D eigenvalue weighted by Gasteiger charge is -2.35. The van der Waals surface area contributed by atoms with Gasteiger partial charge in [0.05, 0.1) is 6.54 Å². The van der Waals surface area contributed by atoms with Crippen LogP contribution in [0.25, 0.3) is 0 Å². The van der Waals surface area contributed by atoms with Crippen LogP contribution in [-0.4, -0.2) is 39.6 Å². The minimum atomic E-state index is -0.378. The molecule has 18 heavy (non-hydrogen) atoms. The molecular weight excluding hydrogens is 232 g/mol. The van der Waals surface area contributed by atoms with Crippen molar-refractivity contribution in [2.75, 3.05) is 13.1 Å². The lowest BCUT2D eigenvalue weighted by Crippen LogP contribution is -2.47. The highest BCUT2D eigenvalue weighted by Gasteiger charge is 2.37. The summed E-state index contributed by atoms with van der Waals surface area (Å²) in [5.41, 5.74) is -0.378. The van der Waals surface area contributed by atoms with Crippen LogP contribution in [0.2, 0.25) is 0 Å². The maximum Gasteiger partial charge on any atom is 0.226 e. The van der Waals surface area contributed by atoms with E-state index in [4.69, 9.17) is 0 Å². The normalized spacial score (nSPS) is 20.7. The van der Waals surface area contributed by atoms with Crippen molar-refractivity contribution in [1.82, 2.24) is 31.3 Å². The lowest BCUT2D eigenvalue weighted by atomic mass is 9.74. The molecule has 0 radical (unpaired) electrons. The van der Waals surface area contributed by atoms with E-state index in [1.165, 1.54) is 0 Å². The van der Waals surface area contributed by atoms with Gasteiger partial charge in [-0.1, -0.05) is 19.1 Å². The van der Waals surface area contributed by atoms with Crippen molar-refractivity contribution in [2.24, 2.45) is 11.3 Å². The van der Waals surface area contributed by atoms with Crippen LogP contribution in [0.15, 0.2) is 0 Å². The van der Waals surface area contributed by atoms with Crippen molar-refractivity contribution in [2.45, 2.75) is 33.2 Å². The largest absolute Gasteiger partial charge is 0.348 e. The smallest absolute Gasteiger partial charge is 0.226 e. The molecule has 0 saturated carbocycles. The van der Waals surface area contributed by atoms with Gasteiger partial charge in [0.25, 0.3) is 0 Å². The fourth-order valence-corrected chi connectivity index (χ4v) is 2.30. The van der Waals surface area contributed by atoms with E-state index in [0.29, 0.717) is 18.3 Å². The highest BCUT2D eigenvalue weighted by Crippen LogP contribution is 2.31. The summed E-state index contributed by atoms with van der Waals surface area (Å²) in [6.45, 7) is 6.27. The monoisotopic (exact) mass is 252 g/mol. The maximum atomic E-state index is 12.2. The molecule has 2 heterocycles. The fourth-order valence-electron chi connectivity index (χ4n) is 2.30. The van der Waals surface area contributed by atoms with Crippen molar-refractivity contribution in [3.05, 3.63) is 5.82 Å². The molecule has 1 saturated heterocycles. The highest BCUT2D eigenvalue weighted by atomic mass is 16.2. The molecule has 0 spiro atoms. The number of hydrogen-bond acceptors (Lipinski definition) is 5. The van der Waals surface area contributed by atoms with E-state index in [9.17, 15) is 4.79 Å². The Bertz CT molecular complexity index is 382. The quantitative estimate of drug-likeness (QED) is 0.692. The average molecular weight is 252 g/mol. The molecule has 0 bridgehead atoms. The van der Waals surface area contributed by atoms with Crippen LogP contribution in [0.5, 0.6) is 0 Å². The second kappa shape index (κ2) is 5.43. The lowest BCUT2D eigenvalue weighted by molar-refractivity contribution is -0.132. The number of hydrogen-bond donors (Lipinski definition) is 3. The minimum absolute atomic E-state index is 0.0426. The van der Waals surface area contributed by atoms with Gasteiger partial charge in [-0.05, 0) is 31.8 Å². The molecular formula is C11H20N6O. The first-order valence-electron chi connectivity index (χ1n) is 6.32. The Labute approximate surface area is 106 Å². The first-order chi connectivity index (χ1) is 8.60. The van der Waals surface area contributed by atoms with E-state index >= 15 is 0 Å². The number of piperidine rings is 1. The summed E-state index contributed by atoms with van der Waals surface area (Å²) in [5, 5.41) is 19.7. The number of aromatic nitrogens is 4. The van der Waals surface area contributed by atoms with E-state index in [-0.39, 0.29) is 11.3 Å². The van der Waals surface area contributed by atoms with Crippen molar-refractivity contribution in [1.29, 1.82) is 0 Å². The molecule has 1 aliphatic heterocycles. The van der Waals surface area contributed by atoms with E-state index < -0.39 is 0 Å². The zero-order valence-corrected chi connectivity index (χ0v) is 10.9. The summed E-state index contributed by atoms with van der Waals surface area (Å²) in [5.74, 6) is 0.915. The molecule has 7 nitrogen and oxygen atoms in total. The molecule has 1 aliphatic rings. The Kier molecular flexibility index (Phi) is 3.90. The summed E-state index contributed by atoms with van der Waals surface area (Å²) >= 11 is 0. The summed E-state index contributed by atoms with van der Waals surface area (Å²) in [6.07, 6.45) is 2.22. The van der Waals surface area contributed by atoms with Gasteiger partial charge in [0.15, 0.2) is 5.82 Å². The van der Waals surface area contributed by atoms with Crippen LogP contribution < -0.4 is 10.6 Å². The van der Waals surface area contributed by atoms with Gasteiger partial charge in [0, 0.05) is 5.41 Å². The van der Waals surface area contributed by atoms with Gasteiger partial charge in [-0.2, -0.15) is 5.21 Å². The first kappa shape index (κ1) is 12.9. The summed E-state index contributed by atoms with van der Waals surface area (Å²) < 4.78 is 0. The van der Waals surface area contributed by atoms with Crippen LogP contribution >= 0.6 is 0 Å². The summed E-state index contributed by atoms with van der Waals surface area (Å²) in [4.78, 5) is 12.2. The topological polar surface area (TPSA) is 95.6 Å². The second-order valence-electron chi connectivity index (χ2n) is 5.28. The van der Waals surface area contributed by atoms with Crippen LogP contribution in [0.1, 0.15) is 32.5 Å². The number of rotatable bonds is 4. The number of H-pyrrole nitrogens is 1. The predicted octanol–water partition coefficient (Wildman–Crippen LogP) is -0.158. The van der Waals surface area contributed by atoms with Gasteiger partial charge in [0.2, 0.25) is 5.91 Å². The molecule has 1 amide bonds. The Balaban J connectivity index is 1.89. The van der Waals surface area contributed by atoms with Crippen molar-refractivity contribution in [3.8, 4) is 0 Å². The molecule has 0 aliphatic carbocycles. The number of nitrogens with zero attached hydrogens (tertiary/aromatic N) is 3. The first-order valence-corrected chi connectivity index (χ1v) is 6.32. The van der Waals surface area contributed by atoms with Gasteiger partial charge in [-0.25, -0.2) is 0 Å². The Morgan fingerprint density at radius 2 is 2.39 bits per heavy atom. The molecule has 2 rings (SSSR count). The zero-order chi connectivity index (χ0) is 13.0. The predicted molar refractivity (Wildman–Crippen MR) is 65.4 cm³/mol. The molecule has 7 heteroatoms. The maximum absolute atomic E-state index is 12.2. The van der Waals surface area contributed by atoms with Crippen LogP contribution in [0, 0.1) is 11.3 Å². The number of nitrogens with one attached hydrogen (secondary N) is 3. The van der Waals surface area contributed by atoms with Gasteiger partial charge in [-0.3, -0.25) is 4.79 Å². The molecule has 0 aromatic carbocycles. The molecule has 1 unspecified atom stereocenters. The van der Waals surface area contributed by atoms with Crippen LogP contribution in [0.4, 0.5) is 0 Å². The number of carbonyl (C=O) groups is 1. The highest BCUT2D eigenvalue weighted by molar-refractivity contribution is 5.82. The van der Waals surface area contributed by atoms with Crippen molar-refractivity contribution >= 4 is 5.91 Å². The minimum Gasteiger partial charge on any atom is -0.348 e. The molecule has 3 N–H and O–H groups in total. The third-order valence-electron chi connectivity index (χ3n) is 3.70. The molecule has 1 aromatic rings. The van der Waals surface area contributed by atoms with Crippen LogP contribution in [0.3, 0.4) is 0 Å². The second-order valence-corrected chi connectivity index (χ2v) is 5.28. The summed E-state index contributed by atoms with van der Waals surface area (Å²) in [6, 6.07) is 0. The van der Waals surface area contributed by atoms with E-state index in [0.717, 1.165) is 25.9 Å². The van der Waals surface area contributed by atoms with Gasteiger partial charge >= 0.3 is 0 Å². The number of aromatic amines is 1. The molecule has 1 aromatic heterocycles. The van der Waals surface area contributed by atoms with Crippen molar-refractivity contribution in [3.63, 3.8) is 0 Å². The number of amides is 1. The zero-order valence-electron chi connectivity index (χ0n) is 10.9. The molecule has 100 valence electrons. The van der Waals surface area contributed by atoms with Gasteiger partial charge < -0.3 is 10.6 Å². The molecule has 1 fully saturated rings. The third kappa shape index (κ3) is 2.84. The van der Waals surface area contributed by atoms with E-state index in [2.05, 4.69) is 31.3 Å². The molecule has 1 atom stereocenters. The van der Waals surface area contributed by atoms with Crippen LogP contribution in [-0.2, 0) is 11.3 Å². The van der Waals surface area contributed by atoms with Crippen molar-refractivity contribution < 1.29 is 4.79 Å². The fraction of sp³-hybridized carbons (Fsp3) is 0.818. The Morgan fingerprint density at radius 3 is 3.00 bits per heavy atom. The van der Waals surface area contributed by atoms with E-state index in [1.54, 1.807) is 0 Å².